The van der Waals surface area contributed by atoms with E-state index in [-0.39, 0.29) is 5.69 Å². The summed E-state index contributed by atoms with van der Waals surface area (Å²) in [5.74, 6) is 0. The van der Waals surface area contributed by atoms with Crippen LogP contribution in [0.25, 0.3) is 10.2 Å². The molecule has 0 bridgehead atoms. The molecule has 1 aliphatic rings. The number of aromatic nitrogens is 1. The SMILES string of the molecule is O=[N+]([O-])c1ccc2sc(NCC3CCCCN3)nc2c1. The van der Waals surface area contributed by atoms with E-state index in [2.05, 4.69) is 15.6 Å². The number of nitrogens with one attached hydrogen (secondary N) is 2. The number of rotatable bonds is 4. The summed E-state index contributed by atoms with van der Waals surface area (Å²) in [6, 6.07) is 5.29. The largest absolute Gasteiger partial charge is 0.360 e. The number of non-ortho nitro benzene ring substituents is 1. The first-order valence-electron chi connectivity index (χ1n) is 6.74. The quantitative estimate of drug-likeness (QED) is 0.669. The predicted octanol–water partition coefficient (Wildman–Crippen LogP) is 2.76. The molecule has 2 aromatic rings. The van der Waals surface area contributed by atoms with Crippen LogP contribution < -0.4 is 10.6 Å². The van der Waals surface area contributed by atoms with E-state index in [1.807, 2.05) is 0 Å². The summed E-state index contributed by atoms with van der Waals surface area (Å²) in [7, 11) is 0. The third-order valence-electron chi connectivity index (χ3n) is 3.49. The molecule has 1 fully saturated rings. The Balaban J connectivity index is 1.70. The number of nitrogens with zero attached hydrogens (tertiary/aromatic N) is 2. The molecule has 1 aromatic carbocycles. The topological polar surface area (TPSA) is 80.1 Å². The van der Waals surface area contributed by atoms with Crippen LogP contribution >= 0.6 is 11.3 Å². The standard InChI is InChI=1S/C13H16N4O2S/c18-17(19)10-4-5-12-11(7-10)16-13(20-12)15-8-9-3-1-2-6-14-9/h4-5,7,9,14H,1-3,6,8H2,(H,15,16). The van der Waals surface area contributed by atoms with Crippen LogP contribution in [0.4, 0.5) is 10.8 Å². The van der Waals surface area contributed by atoms with E-state index < -0.39 is 4.92 Å². The van der Waals surface area contributed by atoms with Gasteiger partial charge in [-0.3, -0.25) is 10.1 Å². The lowest BCUT2D eigenvalue weighted by Crippen LogP contribution is -2.39. The molecule has 7 heteroatoms. The highest BCUT2D eigenvalue weighted by Crippen LogP contribution is 2.28. The molecule has 0 aliphatic carbocycles. The number of hydrogen-bond acceptors (Lipinski definition) is 6. The summed E-state index contributed by atoms with van der Waals surface area (Å²) >= 11 is 1.53. The molecule has 106 valence electrons. The monoisotopic (exact) mass is 292 g/mol. The number of nitro benzene ring substituents is 1. The average molecular weight is 292 g/mol. The Bertz CT molecular complexity index is 622. The molecule has 2 heterocycles. The molecule has 6 nitrogen and oxygen atoms in total. The van der Waals surface area contributed by atoms with Crippen LogP contribution in [-0.4, -0.2) is 29.0 Å². The van der Waals surface area contributed by atoms with Crippen molar-refractivity contribution in [3.8, 4) is 0 Å². The van der Waals surface area contributed by atoms with Gasteiger partial charge in [0.1, 0.15) is 0 Å². The predicted molar refractivity (Wildman–Crippen MR) is 80.4 cm³/mol. The van der Waals surface area contributed by atoms with E-state index in [4.69, 9.17) is 0 Å². The fourth-order valence-corrected chi connectivity index (χ4v) is 3.27. The Labute approximate surface area is 120 Å². The third-order valence-corrected chi connectivity index (χ3v) is 4.49. The second-order valence-electron chi connectivity index (χ2n) is 4.96. The lowest BCUT2D eigenvalue weighted by molar-refractivity contribution is -0.384. The minimum atomic E-state index is -0.391. The number of benzene rings is 1. The van der Waals surface area contributed by atoms with Gasteiger partial charge in [-0.1, -0.05) is 17.8 Å². The van der Waals surface area contributed by atoms with E-state index >= 15 is 0 Å². The Kier molecular flexibility index (Phi) is 3.79. The second kappa shape index (κ2) is 5.72. The maximum atomic E-state index is 10.7. The molecule has 3 rings (SSSR count). The van der Waals surface area contributed by atoms with Crippen LogP contribution in [-0.2, 0) is 0 Å². The first kappa shape index (κ1) is 13.3. The van der Waals surface area contributed by atoms with Crippen molar-refractivity contribution in [2.45, 2.75) is 25.3 Å². The first-order valence-corrected chi connectivity index (χ1v) is 7.56. The van der Waals surface area contributed by atoms with Crippen LogP contribution in [0.1, 0.15) is 19.3 Å². The number of piperidine rings is 1. The first-order chi connectivity index (χ1) is 9.72. The number of anilines is 1. The molecule has 1 aliphatic heterocycles. The van der Waals surface area contributed by atoms with E-state index in [0.717, 1.165) is 22.9 Å². The van der Waals surface area contributed by atoms with Crippen molar-refractivity contribution in [2.24, 2.45) is 0 Å². The highest BCUT2D eigenvalue weighted by atomic mass is 32.1. The molecular weight excluding hydrogens is 276 g/mol. The van der Waals surface area contributed by atoms with Crippen molar-refractivity contribution in [1.82, 2.24) is 10.3 Å². The molecule has 2 N–H and O–H groups in total. The Morgan fingerprint density at radius 2 is 2.40 bits per heavy atom. The second-order valence-corrected chi connectivity index (χ2v) is 5.99. The van der Waals surface area contributed by atoms with Gasteiger partial charge in [0.25, 0.3) is 5.69 Å². The van der Waals surface area contributed by atoms with Crippen molar-refractivity contribution in [3.63, 3.8) is 0 Å². The van der Waals surface area contributed by atoms with Gasteiger partial charge in [-0.25, -0.2) is 4.98 Å². The summed E-state index contributed by atoms with van der Waals surface area (Å²) in [5.41, 5.74) is 0.770. The Morgan fingerprint density at radius 3 is 3.15 bits per heavy atom. The number of hydrogen-bond donors (Lipinski definition) is 2. The Hall–Kier alpha value is -1.73. The van der Waals surface area contributed by atoms with Crippen LogP contribution in [0.15, 0.2) is 18.2 Å². The summed E-state index contributed by atoms with van der Waals surface area (Å²) in [5, 5.41) is 18.4. The molecule has 1 saturated heterocycles. The zero-order chi connectivity index (χ0) is 13.9. The highest BCUT2D eigenvalue weighted by Gasteiger charge is 2.14. The van der Waals surface area contributed by atoms with Crippen molar-refractivity contribution >= 4 is 32.4 Å². The van der Waals surface area contributed by atoms with Gasteiger partial charge in [-0.15, -0.1) is 0 Å². The molecule has 0 spiro atoms. The van der Waals surface area contributed by atoms with E-state index in [9.17, 15) is 10.1 Å². The smallest absolute Gasteiger partial charge is 0.271 e. The van der Waals surface area contributed by atoms with E-state index in [0.29, 0.717) is 11.6 Å². The van der Waals surface area contributed by atoms with Gasteiger partial charge in [-0.05, 0) is 25.5 Å². The van der Waals surface area contributed by atoms with Crippen LogP contribution in [0.3, 0.4) is 0 Å². The third kappa shape index (κ3) is 2.88. The molecule has 0 radical (unpaired) electrons. The van der Waals surface area contributed by atoms with Gasteiger partial charge in [0, 0.05) is 24.7 Å². The van der Waals surface area contributed by atoms with E-state index in [1.54, 1.807) is 6.07 Å². The zero-order valence-corrected chi connectivity index (χ0v) is 11.8. The summed E-state index contributed by atoms with van der Waals surface area (Å²) in [6.07, 6.45) is 3.70. The van der Waals surface area contributed by atoms with Crippen molar-refractivity contribution < 1.29 is 4.92 Å². The molecular formula is C13H16N4O2S. The fraction of sp³-hybridized carbons (Fsp3) is 0.462. The summed E-state index contributed by atoms with van der Waals surface area (Å²) in [6.45, 7) is 1.93. The highest BCUT2D eigenvalue weighted by molar-refractivity contribution is 7.22. The average Bonchev–Trinajstić information content (AvgIpc) is 2.88. The maximum Gasteiger partial charge on any atom is 0.271 e. The van der Waals surface area contributed by atoms with Crippen LogP contribution in [0.5, 0.6) is 0 Å². The lowest BCUT2D eigenvalue weighted by atomic mass is 10.1. The normalized spacial score (nSPS) is 19.1. The minimum absolute atomic E-state index is 0.0864. The number of thiazole rings is 1. The Morgan fingerprint density at radius 1 is 1.50 bits per heavy atom. The number of fused-ring (bicyclic) bond motifs is 1. The van der Waals surface area contributed by atoms with Gasteiger partial charge < -0.3 is 10.6 Å². The molecule has 0 saturated carbocycles. The fourth-order valence-electron chi connectivity index (χ4n) is 2.41. The van der Waals surface area contributed by atoms with Crippen molar-refractivity contribution in [3.05, 3.63) is 28.3 Å². The molecule has 0 amide bonds. The van der Waals surface area contributed by atoms with Gasteiger partial charge in [0.2, 0.25) is 0 Å². The summed E-state index contributed by atoms with van der Waals surface area (Å²) in [4.78, 5) is 14.8. The summed E-state index contributed by atoms with van der Waals surface area (Å²) < 4.78 is 0.967. The molecule has 1 aromatic heterocycles. The number of nitro groups is 1. The molecule has 1 atom stereocenters. The lowest BCUT2D eigenvalue weighted by Gasteiger charge is -2.23. The van der Waals surface area contributed by atoms with Crippen LogP contribution in [0.2, 0.25) is 0 Å². The van der Waals surface area contributed by atoms with Gasteiger partial charge in [0.15, 0.2) is 5.13 Å². The van der Waals surface area contributed by atoms with Crippen molar-refractivity contribution in [1.29, 1.82) is 0 Å². The minimum Gasteiger partial charge on any atom is -0.360 e. The maximum absolute atomic E-state index is 10.7. The van der Waals surface area contributed by atoms with E-state index in [1.165, 1.54) is 42.7 Å². The molecule has 1 unspecified atom stereocenters. The zero-order valence-electron chi connectivity index (χ0n) is 11.0. The van der Waals surface area contributed by atoms with Gasteiger partial charge in [0.05, 0.1) is 15.1 Å². The van der Waals surface area contributed by atoms with Crippen LogP contribution in [0, 0.1) is 10.1 Å². The van der Waals surface area contributed by atoms with Gasteiger partial charge in [-0.2, -0.15) is 0 Å². The molecule has 20 heavy (non-hydrogen) atoms. The van der Waals surface area contributed by atoms with Crippen molar-refractivity contribution in [2.75, 3.05) is 18.4 Å². The van der Waals surface area contributed by atoms with Gasteiger partial charge >= 0.3 is 0 Å².